The molecule has 0 saturated heterocycles. The molecule has 0 spiro atoms. The Morgan fingerprint density at radius 3 is 2.72 bits per heavy atom. The summed E-state index contributed by atoms with van der Waals surface area (Å²) in [6.45, 7) is 12.6. The Bertz CT molecular complexity index is 568. The molecule has 0 radical (unpaired) electrons. The Morgan fingerprint density at radius 1 is 1.24 bits per heavy atom. The Kier molecular flexibility index (Phi) is 7.33. The summed E-state index contributed by atoms with van der Waals surface area (Å²) in [4.78, 5) is 0. The smallest absolute Gasteiger partial charge is 0.132 e. The van der Waals surface area contributed by atoms with E-state index in [9.17, 15) is 0 Å². The van der Waals surface area contributed by atoms with Gasteiger partial charge in [0.15, 0.2) is 0 Å². The molecule has 1 aliphatic rings. The molecule has 1 N–H and O–H groups in total. The molecule has 1 aromatic carbocycles. The van der Waals surface area contributed by atoms with Crippen LogP contribution in [0.1, 0.15) is 59.1 Å². The van der Waals surface area contributed by atoms with Crippen LogP contribution in [0.3, 0.4) is 0 Å². The fourth-order valence-corrected chi connectivity index (χ4v) is 3.12. The fourth-order valence-electron chi connectivity index (χ4n) is 3.12. The van der Waals surface area contributed by atoms with E-state index in [4.69, 9.17) is 14.2 Å². The van der Waals surface area contributed by atoms with Crippen molar-refractivity contribution in [2.45, 2.75) is 65.3 Å². The van der Waals surface area contributed by atoms with Gasteiger partial charge in [-0.05, 0) is 52.3 Å². The van der Waals surface area contributed by atoms with Crippen molar-refractivity contribution in [3.63, 3.8) is 0 Å². The summed E-state index contributed by atoms with van der Waals surface area (Å²) in [6, 6.07) is 6.23. The van der Waals surface area contributed by atoms with Crippen LogP contribution in [0.25, 0.3) is 0 Å². The number of benzene rings is 1. The number of anilines is 1. The summed E-state index contributed by atoms with van der Waals surface area (Å²) >= 11 is 0. The lowest BCUT2D eigenvalue weighted by molar-refractivity contribution is -0.157. The van der Waals surface area contributed by atoms with E-state index in [0.717, 1.165) is 43.0 Å². The average Bonchev–Trinajstić information content (AvgIpc) is 2.57. The number of ether oxygens (including phenoxy) is 3. The second-order valence-corrected chi connectivity index (χ2v) is 6.96. The molecular weight excluding hydrogens is 314 g/mol. The van der Waals surface area contributed by atoms with Gasteiger partial charge < -0.3 is 19.5 Å². The van der Waals surface area contributed by atoms with Crippen LogP contribution >= 0.6 is 0 Å². The van der Waals surface area contributed by atoms with Crippen molar-refractivity contribution in [3.05, 3.63) is 35.9 Å². The average molecular weight is 347 g/mol. The molecule has 1 aliphatic heterocycles. The largest absolute Gasteiger partial charge is 0.485 e. The van der Waals surface area contributed by atoms with E-state index in [1.165, 1.54) is 0 Å². The molecule has 0 aliphatic carbocycles. The molecular formula is C21H33NO3. The monoisotopic (exact) mass is 347 g/mol. The molecule has 1 heterocycles. The normalized spacial score (nSPS) is 21.8. The lowest BCUT2D eigenvalue weighted by Gasteiger charge is -2.44. The maximum absolute atomic E-state index is 6.31. The third-order valence-electron chi connectivity index (χ3n) is 4.43. The third kappa shape index (κ3) is 4.99. The zero-order valence-corrected chi connectivity index (χ0v) is 16.3. The van der Waals surface area contributed by atoms with Crippen LogP contribution in [-0.4, -0.2) is 31.5 Å². The van der Waals surface area contributed by atoms with E-state index in [1.807, 2.05) is 25.1 Å². The fraction of sp³-hybridized carbons (Fsp3) is 0.619. The van der Waals surface area contributed by atoms with Crippen molar-refractivity contribution in [1.29, 1.82) is 0 Å². The van der Waals surface area contributed by atoms with Gasteiger partial charge in [-0.3, -0.25) is 0 Å². The van der Waals surface area contributed by atoms with Crippen LogP contribution in [0.5, 0.6) is 5.75 Å². The zero-order chi connectivity index (χ0) is 18.3. The van der Waals surface area contributed by atoms with E-state index in [2.05, 4.69) is 45.1 Å². The van der Waals surface area contributed by atoms with Crippen molar-refractivity contribution < 1.29 is 14.2 Å². The molecule has 25 heavy (non-hydrogen) atoms. The predicted octanol–water partition coefficient (Wildman–Crippen LogP) is 5.11. The number of fused-ring (bicyclic) bond motifs is 1. The van der Waals surface area contributed by atoms with E-state index in [0.29, 0.717) is 6.61 Å². The van der Waals surface area contributed by atoms with Crippen molar-refractivity contribution in [2.24, 2.45) is 0 Å². The predicted molar refractivity (Wildman–Crippen MR) is 103 cm³/mol. The summed E-state index contributed by atoms with van der Waals surface area (Å²) in [7, 11) is 0. The summed E-state index contributed by atoms with van der Waals surface area (Å²) in [5, 5.41) is 3.37. The van der Waals surface area contributed by atoms with Crippen LogP contribution in [0.15, 0.2) is 30.4 Å². The minimum Gasteiger partial charge on any atom is -0.485 e. The molecule has 0 amide bonds. The number of rotatable bonds is 9. The molecule has 2 rings (SSSR count). The van der Waals surface area contributed by atoms with Gasteiger partial charge in [-0.1, -0.05) is 25.5 Å². The van der Waals surface area contributed by atoms with Gasteiger partial charge in [0.1, 0.15) is 23.6 Å². The van der Waals surface area contributed by atoms with Gasteiger partial charge in [-0.25, -0.2) is 0 Å². The van der Waals surface area contributed by atoms with Crippen LogP contribution in [0.2, 0.25) is 0 Å². The maximum atomic E-state index is 6.31. The number of hydrogen-bond donors (Lipinski definition) is 1. The Morgan fingerprint density at radius 2 is 2.04 bits per heavy atom. The number of unbranched alkanes of at least 4 members (excludes halogenated alkanes) is 1. The summed E-state index contributed by atoms with van der Waals surface area (Å²) in [5.41, 5.74) is 1.70. The van der Waals surface area contributed by atoms with Crippen LogP contribution in [0.4, 0.5) is 5.69 Å². The first-order chi connectivity index (χ1) is 12.0. The van der Waals surface area contributed by atoms with Gasteiger partial charge in [-0.2, -0.15) is 0 Å². The summed E-state index contributed by atoms with van der Waals surface area (Å²) in [5.74, 6) is 0.888. The lowest BCUT2D eigenvalue weighted by atomic mass is 9.87. The third-order valence-corrected chi connectivity index (χ3v) is 4.43. The molecule has 0 saturated carbocycles. The topological polar surface area (TPSA) is 39.7 Å². The molecule has 0 aromatic heterocycles. The molecule has 0 bridgehead atoms. The SMILES string of the molecule is CC=CCOC1C(OCCCC)c2cc(NCC)ccc2OC1(C)C. The first kappa shape index (κ1) is 19.8. The van der Waals surface area contributed by atoms with E-state index < -0.39 is 5.60 Å². The van der Waals surface area contributed by atoms with Crippen molar-refractivity contribution in [2.75, 3.05) is 25.1 Å². The van der Waals surface area contributed by atoms with E-state index in [-0.39, 0.29) is 12.2 Å². The number of nitrogens with one attached hydrogen (secondary N) is 1. The van der Waals surface area contributed by atoms with Crippen molar-refractivity contribution in [1.82, 2.24) is 0 Å². The highest BCUT2D eigenvalue weighted by atomic mass is 16.6. The molecule has 140 valence electrons. The van der Waals surface area contributed by atoms with Gasteiger partial charge >= 0.3 is 0 Å². The quantitative estimate of drug-likeness (QED) is 0.498. The first-order valence-electron chi connectivity index (χ1n) is 9.44. The number of hydrogen-bond acceptors (Lipinski definition) is 4. The van der Waals surface area contributed by atoms with Crippen LogP contribution < -0.4 is 10.1 Å². The highest BCUT2D eigenvalue weighted by Crippen LogP contribution is 2.44. The molecule has 2 atom stereocenters. The maximum Gasteiger partial charge on any atom is 0.132 e. The standard InChI is InChI=1S/C21H33NO3/c1-6-9-13-23-19-17-15-16(22-8-3)11-12-18(17)25-21(4,5)20(19)24-14-10-7-2/h7,10-12,15,19-20,22H,6,8-9,13-14H2,1-5H3. The molecule has 0 fully saturated rings. The van der Waals surface area contributed by atoms with Gasteiger partial charge in [0.2, 0.25) is 0 Å². The highest BCUT2D eigenvalue weighted by molar-refractivity contribution is 5.53. The van der Waals surface area contributed by atoms with Crippen LogP contribution in [-0.2, 0) is 9.47 Å². The van der Waals surface area contributed by atoms with Gasteiger partial charge in [0, 0.05) is 24.4 Å². The molecule has 2 unspecified atom stereocenters. The van der Waals surface area contributed by atoms with E-state index in [1.54, 1.807) is 0 Å². The Balaban J connectivity index is 2.34. The van der Waals surface area contributed by atoms with Gasteiger partial charge in [-0.15, -0.1) is 0 Å². The lowest BCUT2D eigenvalue weighted by Crippen LogP contribution is -2.51. The molecule has 4 heteroatoms. The Hall–Kier alpha value is -1.52. The van der Waals surface area contributed by atoms with Crippen molar-refractivity contribution >= 4 is 5.69 Å². The van der Waals surface area contributed by atoms with Gasteiger partial charge in [0.25, 0.3) is 0 Å². The summed E-state index contributed by atoms with van der Waals surface area (Å²) < 4.78 is 18.8. The van der Waals surface area contributed by atoms with Crippen LogP contribution in [0, 0.1) is 0 Å². The minimum atomic E-state index is -0.453. The Labute approximate surface area is 152 Å². The van der Waals surface area contributed by atoms with Gasteiger partial charge in [0.05, 0.1) is 6.61 Å². The van der Waals surface area contributed by atoms with Crippen molar-refractivity contribution in [3.8, 4) is 5.75 Å². The number of allylic oxidation sites excluding steroid dienone is 1. The second-order valence-electron chi connectivity index (χ2n) is 6.96. The molecule has 1 aromatic rings. The second kappa shape index (κ2) is 9.25. The highest BCUT2D eigenvalue weighted by Gasteiger charge is 2.45. The minimum absolute atomic E-state index is 0.130. The molecule has 4 nitrogen and oxygen atoms in total. The summed E-state index contributed by atoms with van der Waals surface area (Å²) in [6.07, 6.45) is 5.88. The zero-order valence-electron chi connectivity index (χ0n) is 16.3. The first-order valence-corrected chi connectivity index (χ1v) is 9.44. The van der Waals surface area contributed by atoms with E-state index >= 15 is 0 Å².